The van der Waals surface area contributed by atoms with Crippen LogP contribution in [0.3, 0.4) is 0 Å². The second-order valence-electron chi connectivity index (χ2n) is 2.70. The number of ether oxygens (including phenoxy) is 1. The summed E-state index contributed by atoms with van der Waals surface area (Å²) in [5, 5.41) is 4.88. The molecule has 1 rings (SSSR count). The van der Waals surface area contributed by atoms with Gasteiger partial charge in [-0.3, -0.25) is 5.32 Å². The van der Waals surface area contributed by atoms with Gasteiger partial charge in [-0.2, -0.15) is 0 Å². The molecule has 0 radical (unpaired) electrons. The van der Waals surface area contributed by atoms with E-state index in [0.29, 0.717) is 5.69 Å². The summed E-state index contributed by atoms with van der Waals surface area (Å²) in [4.78, 5) is 10.8. The Bertz CT molecular complexity index is 428. The number of alkyl carbamates (subject to hydrolysis) is 1. The van der Waals surface area contributed by atoms with Gasteiger partial charge < -0.3 is 10.1 Å². The minimum atomic E-state index is -0.689. The second kappa shape index (κ2) is 5.62. The largest absolute Gasteiger partial charge is 0.453 e. The highest BCUT2D eigenvalue weighted by molar-refractivity contribution is 7.80. The maximum Gasteiger partial charge on any atom is 0.413 e. The van der Waals surface area contributed by atoms with Gasteiger partial charge in [0.1, 0.15) is 5.82 Å². The molecule has 0 atom stereocenters. The number of carbonyl (C=O) groups excluding carboxylic acids is 1. The van der Waals surface area contributed by atoms with Gasteiger partial charge in [0.05, 0.1) is 12.1 Å². The van der Waals surface area contributed by atoms with Crippen molar-refractivity contribution in [3.8, 4) is 0 Å². The highest BCUT2D eigenvalue weighted by atomic mass is 35.5. The summed E-state index contributed by atoms with van der Waals surface area (Å²) in [6.07, 6.45) is -0.689. The van der Waals surface area contributed by atoms with Gasteiger partial charge in [-0.05, 0) is 30.4 Å². The van der Waals surface area contributed by atoms with Crippen LogP contribution in [0, 0.1) is 5.82 Å². The first-order chi connectivity index (χ1) is 7.52. The third-order valence-corrected chi connectivity index (χ3v) is 2.07. The molecule has 2 N–H and O–H groups in total. The number of methoxy groups -OCH3 is 1. The molecule has 4 nitrogen and oxygen atoms in total. The van der Waals surface area contributed by atoms with E-state index in [9.17, 15) is 9.18 Å². The number of hydrogen-bond acceptors (Lipinski definition) is 3. The summed E-state index contributed by atoms with van der Waals surface area (Å²) in [5.74, 6) is -0.529. The van der Waals surface area contributed by atoms with Crippen molar-refractivity contribution in [2.75, 3.05) is 12.4 Å². The number of amides is 1. The summed E-state index contributed by atoms with van der Waals surface area (Å²) in [6, 6.07) is 3.97. The third-order valence-electron chi connectivity index (χ3n) is 1.58. The Morgan fingerprint density at radius 2 is 2.25 bits per heavy atom. The molecule has 16 heavy (non-hydrogen) atoms. The van der Waals surface area contributed by atoms with E-state index in [1.165, 1.54) is 25.3 Å². The van der Waals surface area contributed by atoms with Crippen LogP contribution >= 0.6 is 23.8 Å². The molecule has 0 saturated carbocycles. The molecular weight excluding hydrogens is 255 g/mol. The van der Waals surface area contributed by atoms with Gasteiger partial charge in [0, 0.05) is 5.69 Å². The van der Waals surface area contributed by atoms with Crippen LogP contribution in [-0.4, -0.2) is 18.3 Å². The molecule has 86 valence electrons. The van der Waals surface area contributed by atoms with Crippen LogP contribution in [0.25, 0.3) is 0 Å². The molecule has 0 aliphatic heterocycles. The topological polar surface area (TPSA) is 50.4 Å². The molecule has 0 aliphatic rings. The molecule has 0 heterocycles. The lowest BCUT2D eigenvalue weighted by Gasteiger charge is -2.08. The van der Waals surface area contributed by atoms with E-state index in [-0.39, 0.29) is 10.1 Å². The molecule has 0 aromatic heterocycles. The highest BCUT2D eigenvalue weighted by Crippen LogP contribution is 2.19. The van der Waals surface area contributed by atoms with Crippen molar-refractivity contribution in [3.63, 3.8) is 0 Å². The molecule has 0 unspecified atom stereocenters. The molecule has 0 bridgehead atoms. The number of benzene rings is 1. The number of thiocarbonyl (C=S) groups is 1. The van der Waals surface area contributed by atoms with Gasteiger partial charge in [0.25, 0.3) is 0 Å². The summed E-state index contributed by atoms with van der Waals surface area (Å²) >= 11 is 10.4. The van der Waals surface area contributed by atoms with E-state index < -0.39 is 11.9 Å². The maximum atomic E-state index is 12.8. The first kappa shape index (κ1) is 12.7. The Morgan fingerprint density at radius 3 is 2.81 bits per heavy atom. The monoisotopic (exact) mass is 262 g/mol. The lowest BCUT2D eigenvalue weighted by atomic mass is 10.3. The Morgan fingerprint density at radius 1 is 1.56 bits per heavy atom. The third kappa shape index (κ3) is 3.63. The standard InChI is InChI=1S/C9H8ClFN2O2S/c1-15-9(14)13-8(16)12-5-2-3-7(11)6(10)4-5/h2-4H,1H3,(H2,12,13,14,16). The van der Waals surface area contributed by atoms with Gasteiger partial charge in [-0.15, -0.1) is 0 Å². The lowest BCUT2D eigenvalue weighted by molar-refractivity contribution is 0.177. The Hall–Kier alpha value is -1.40. The van der Waals surface area contributed by atoms with Crippen molar-refractivity contribution in [1.29, 1.82) is 0 Å². The van der Waals surface area contributed by atoms with Gasteiger partial charge in [-0.1, -0.05) is 11.6 Å². The summed E-state index contributed by atoms with van der Waals surface area (Å²) in [5.41, 5.74) is 0.466. The van der Waals surface area contributed by atoms with Crippen molar-refractivity contribution in [3.05, 3.63) is 29.0 Å². The van der Waals surface area contributed by atoms with E-state index in [2.05, 4.69) is 15.4 Å². The zero-order valence-electron chi connectivity index (χ0n) is 8.21. The molecule has 1 amide bonds. The minimum Gasteiger partial charge on any atom is -0.453 e. The molecule has 0 aliphatic carbocycles. The van der Waals surface area contributed by atoms with E-state index in [1.54, 1.807) is 0 Å². The maximum absolute atomic E-state index is 12.8. The quantitative estimate of drug-likeness (QED) is 0.764. The molecule has 0 saturated heterocycles. The lowest BCUT2D eigenvalue weighted by Crippen LogP contribution is -2.33. The summed E-state index contributed by atoms with van der Waals surface area (Å²) < 4.78 is 17.2. The first-order valence-corrected chi connectivity index (χ1v) is 4.92. The van der Waals surface area contributed by atoms with Gasteiger partial charge in [-0.25, -0.2) is 9.18 Å². The van der Waals surface area contributed by atoms with Gasteiger partial charge in [0.2, 0.25) is 0 Å². The number of anilines is 1. The van der Waals surface area contributed by atoms with Crippen LogP contribution in [0.1, 0.15) is 0 Å². The Labute approximate surface area is 102 Å². The van der Waals surface area contributed by atoms with Crippen LogP contribution in [0.4, 0.5) is 14.9 Å². The highest BCUT2D eigenvalue weighted by Gasteiger charge is 2.05. The summed E-state index contributed by atoms with van der Waals surface area (Å²) in [7, 11) is 1.21. The minimum absolute atomic E-state index is 0.0362. The molecule has 1 aromatic carbocycles. The number of hydrogen-bond donors (Lipinski definition) is 2. The Balaban J connectivity index is 2.63. The fourth-order valence-electron chi connectivity index (χ4n) is 0.880. The van der Waals surface area contributed by atoms with Crippen LogP contribution in [0.5, 0.6) is 0 Å². The predicted molar refractivity (Wildman–Crippen MR) is 63.2 cm³/mol. The molecule has 0 fully saturated rings. The van der Waals surface area contributed by atoms with Crippen molar-refractivity contribution in [1.82, 2.24) is 5.32 Å². The van der Waals surface area contributed by atoms with Crippen molar-refractivity contribution in [2.24, 2.45) is 0 Å². The summed E-state index contributed by atoms with van der Waals surface area (Å²) in [6.45, 7) is 0. The average Bonchev–Trinajstić information content (AvgIpc) is 2.23. The fraction of sp³-hybridized carbons (Fsp3) is 0.111. The van der Waals surface area contributed by atoms with Gasteiger partial charge in [0.15, 0.2) is 5.11 Å². The number of carbonyl (C=O) groups is 1. The van der Waals surface area contributed by atoms with E-state index in [4.69, 9.17) is 23.8 Å². The predicted octanol–water partition coefficient (Wildman–Crippen LogP) is 2.53. The molecular formula is C9H8ClFN2O2S. The number of rotatable bonds is 1. The average molecular weight is 263 g/mol. The smallest absolute Gasteiger partial charge is 0.413 e. The fourth-order valence-corrected chi connectivity index (χ4v) is 1.26. The molecule has 1 aromatic rings. The number of nitrogens with one attached hydrogen (secondary N) is 2. The zero-order chi connectivity index (χ0) is 12.1. The zero-order valence-corrected chi connectivity index (χ0v) is 9.79. The normalized spacial score (nSPS) is 9.44. The SMILES string of the molecule is COC(=O)NC(=S)Nc1ccc(F)c(Cl)c1. The van der Waals surface area contributed by atoms with E-state index >= 15 is 0 Å². The van der Waals surface area contributed by atoms with Crippen LogP contribution in [0.15, 0.2) is 18.2 Å². The molecule has 0 spiro atoms. The Kier molecular flexibility index (Phi) is 4.45. The van der Waals surface area contributed by atoms with Crippen LogP contribution < -0.4 is 10.6 Å². The number of halogens is 2. The second-order valence-corrected chi connectivity index (χ2v) is 3.52. The van der Waals surface area contributed by atoms with Crippen LogP contribution in [-0.2, 0) is 4.74 Å². The van der Waals surface area contributed by atoms with Crippen molar-refractivity contribution in [2.45, 2.75) is 0 Å². The van der Waals surface area contributed by atoms with Crippen molar-refractivity contribution < 1.29 is 13.9 Å². The van der Waals surface area contributed by atoms with Crippen molar-refractivity contribution >= 4 is 40.7 Å². The van der Waals surface area contributed by atoms with E-state index in [1.807, 2.05) is 0 Å². The molecule has 7 heteroatoms. The van der Waals surface area contributed by atoms with E-state index in [0.717, 1.165) is 0 Å². The first-order valence-electron chi connectivity index (χ1n) is 4.14. The van der Waals surface area contributed by atoms with Crippen LogP contribution in [0.2, 0.25) is 5.02 Å². The van der Waals surface area contributed by atoms with Gasteiger partial charge >= 0.3 is 6.09 Å².